The van der Waals surface area contributed by atoms with Crippen molar-refractivity contribution in [2.75, 3.05) is 0 Å². The Morgan fingerprint density at radius 2 is 1.68 bits per heavy atom. The Labute approximate surface area is 276 Å². The van der Waals surface area contributed by atoms with Crippen LogP contribution in [-0.4, -0.2) is 39.5 Å². The van der Waals surface area contributed by atoms with Gasteiger partial charge in [-0.2, -0.15) is 0 Å². The van der Waals surface area contributed by atoms with Gasteiger partial charge in [0, 0.05) is 36.6 Å². The zero-order valence-corrected chi connectivity index (χ0v) is 27.9. The van der Waals surface area contributed by atoms with E-state index in [1.807, 2.05) is 86.3 Å². The molecule has 1 fully saturated rings. The number of oxazole rings is 1. The highest BCUT2D eigenvalue weighted by Gasteiger charge is 2.30. The highest BCUT2D eigenvalue weighted by Crippen LogP contribution is 2.28. The first-order valence-corrected chi connectivity index (χ1v) is 16.8. The lowest BCUT2D eigenvalue weighted by Gasteiger charge is -2.25. The van der Waals surface area contributed by atoms with E-state index >= 15 is 0 Å². The number of aromatic nitrogens is 2. The van der Waals surface area contributed by atoms with Gasteiger partial charge < -0.3 is 29.7 Å². The fourth-order valence-electron chi connectivity index (χ4n) is 6.34. The number of hydrogen-bond donors (Lipinski definition) is 3. The van der Waals surface area contributed by atoms with Crippen LogP contribution in [0.4, 0.5) is 4.79 Å². The summed E-state index contributed by atoms with van der Waals surface area (Å²) in [4.78, 5) is 44.7. The first-order valence-electron chi connectivity index (χ1n) is 16.8. The number of esters is 1. The van der Waals surface area contributed by atoms with Crippen molar-refractivity contribution < 1.29 is 23.5 Å². The maximum absolute atomic E-state index is 14.0. The Hall–Kier alpha value is -4.60. The summed E-state index contributed by atoms with van der Waals surface area (Å²) in [5.74, 6) is -0.304. The molecule has 0 radical (unpaired) electrons. The minimum atomic E-state index is -0.776. The fourth-order valence-corrected chi connectivity index (χ4v) is 6.34. The van der Waals surface area contributed by atoms with Gasteiger partial charge in [-0.05, 0) is 49.3 Å². The number of nitrogens with zero attached hydrogens (tertiary/aromatic N) is 2. The van der Waals surface area contributed by atoms with E-state index < -0.39 is 18.1 Å². The van der Waals surface area contributed by atoms with Crippen molar-refractivity contribution in [1.29, 1.82) is 0 Å². The number of amides is 3. The predicted octanol–water partition coefficient (Wildman–Crippen LogP) is 6.67. The van der Waals surface area contributed by atoms with Crippen molar-refractivity contribution in [2.24, 2.45) is 13.0 Å². The summed E-state index contributed by atoms with van der Waals surface area (Å²) in [6.45, 7) is 5.80. The molecule has 0 unspecified atom stereocenters. The van der Waals surface area contributed by atoms with Crippen molar-refractivity contribution in [2.45, 2.75) is 96.9 Å². The second kappa shape index (κ2) is 15.8. The van der Waals surface area contributed by atoms with Crippen molar-refractivity contribution in [3.05, 3.63) is 89.3 Å². The molecular formula is C37H47N5O5. The van der Waals surface area contributed by atoms with E-state index in [1.165, 1.54) is 12.8 Å². The van der Waals surface area contributed by atoms with E-state index in [0.29, 0.717) is 18.6 Å². The summed E-state index contributed by atoms with van der Waals surface area (Å²) in [6.07, 6.45) is 9.27. The molecule has 47 heavy (non-hydrogen) atoms. The van der Waals surface area contributed by atoms with Crippen LogP contribution in [0.15, 0.2) is 65.2 Å². The number of hydrogen-bond acceptors (Lipinski definition) is 6. The Morgan fingerprint density at radius 3 is 2.40 bits per heavy atom. The van der Waals surface area contributed by atoms with Gasteiger partial charge in [-0.3, -0.25) is 4.79 Å². The van der Waals surface area contributed by atoms with E-state index in [0.717, 1.165) is 47.7 Å². The molecule has 1 aliphatic carbocycles. The first kappa shape index (κ1) is 33.8. The molecule has 0 bridgehead atoms. The predicted molar refractivity (Wildman–Crippen MR) is 181 cm³/mol. The van der Waals surface area contributed by atoms with Crippen LogP contribution in [0.25, 0.3) is 10.9 Å². The molecule has 5 rings (SSSR count). The van der Waals surface area contributed by atoms with Gasteiger partial charge in [0.05, 0.1) is 0 Å². The molecule has 2 aromatic heterocycles. The van der Waals surface area contributed by atoms with Gasteiger partial charge in [0.15, 0.2) is 5.69 Å². The molecule has 2 heterocycles. The largest absolute Gasteiger partial charge is 0.456 e. The van der Waals surface area contributed by atoms with Crippen LogP contribution in [0.2, 0.25) is 0 Å². The number of para-hydroxylation sites is 1. The maximum atomic E-state index is 14.0. The third-order valence-corrected chi connectivity index (χ3v) is 8.76. The van der Waals surface area contributed by atoms with Crippen LogP contribution in [0.3, 0.4) is 0 Å². The average Bonchev–Trinajstić information content (AvgIpc) is 3.47. The van der Waals surface area contributed by atoms with Gasteiger partial charge in [0.2, 0.25) is 11.8 Å². The number of carbonyl (C=O) groups is 3. The zero-order valence-electron chi connectivity index (χ0n) is 27.9. The quantitative estimate of drug-likeness (QED) is 0.117. The van der Waals surface area contributed by atoms with Gasteiger partial charge in [0.1, 0.15) is 24.5 Å². The van der Waals surface area contributed by atoms with Gasteiger partial charge in [-0.1, -0.05) is 88.1 Å². The van der Waals surface area contributed by atoms with Gasteiger partial charge in [-0.25, -0.2) is 14.6 Å². The summed E-state index contributed by atoms with van der Waals surface area (Å²) < 4.78 is 13.6. The fraction of sp³-hybridized carbons (Fsp3) is 0.459. The smallest absolute Gasteiger partial charge is 0.360 e. The Balaban J connectivity index is 1.38. The lowest BCUT2D eigenvalue weighted by molar-refractivity contribution is -0.124. The van der Waals surface area contributed by atoms with E-state index in [4.69, 9.17) is 9.15 Å². The molecule has 3 amide bonds. The molecule has 1 aliphatic rings. The number of fused-ring (bicyclic) bond motifs is 1. The zero-order chi connectivity index (χ0) is 33.3. The summed E-state index contributed by atoms with van der Waals surface area (Å²) in [5, 5.41) is 10.2. The summed E-state index contributed by atoms with van der Waals surface area (Å²) >= 11 is 0. The van der Waals surface area contributed by atoms with E-state index in [2.05, 4.69) is 20.9 Å². The SMILES string of the molecule is Cc1oc([C@@H](Cc2cn(C)c3ccccc23)NC(=O)[C@H](CC(C)C)NC(=O)NC2CCCCCC2)nc1C(=O)OCc1ccccc1. The molecule has 2 atom stereocenters. The highest BCUT2D eigenvalue weighted by atomic mass is 16.5. The van der Waals surface area contributed by atoms with Crippen LogP contribution in [-0.2, 0) is 29.6 Å². The van der Waals surface area contributed by atoms with Crippen LogP contribution in [0.5, 0.6) is 0 Å². The minimum Gasteiger partial charge on any atom is -0.456 e. The number of benzene rings is 2. The Kier molecular flexibility index (Phi) is 11.3. The highest BCUT2D eigenvalue weighted by molar-refractivity contribution is 5.89. The Bertz CT molecular complexity index is 1650. The molecular weight excluding hydrogens is 594 g/mol. The van der Waals surface area contributed by atoms with Crippen molar-refractivity contribution in [3.63, 3.8) is 0 Å². The van der Waals surface area contributed by atoms with Gasteiger partial charge in [-0.15, -0.1) is 0 Å². The molecule has 3 N–H and O–H groups in total. The van der Waals surface area contributed by atoms with E-state index in [9.17, 15) is 14.4 Å². The normalized spacial score (nSPS) is 15.2. The molecule has 0 saturated heterocycles. The van der Waals surface area contributed by atoms with Crippen LogP contribution < -0.4 is 16.0 Å². The molecule has 250 valence electrons. The summed E-state index contributed by atoms with van der Waals surface area (Å²) in [6, 6.07) is 15.7. The molecule has 2 aromatic carbocycles. The molecule has 1 saturated carbocycles. The van der Waals surface area contributed by atoms with Gasteiger partial charge in [0.25, 0.3) is 0 Å². The molecule has 0 spiro atoms. The molecule has 10 heteroatoms. The van der Waals surface area contributed by atoms with Crippen molar-refractivity contribution in [1.82, 2.24) is 25.5 Å². The summed E-state index contributed by atoms with van der Waals surface area (Å²) in [7, 11) is 1.98. The Morgan fingerprint density at radius 1 is 0.979 bits per heavy atom. The van der Waals surface area contributed by atoms with Crippen LogP contribution in [0.1, 0.15) is 98.1 Å². The first-order chi connectivity index (χ1) is 22.7. The third-order valence-electron chi connectivity index (χ3n) is 8.76. The number of nitrogens with one attached hydrogen (secondary N) is 3. The van der Waals surface area contributed by atoms with Crippen molar-refractivity contribution in [3.8, 4) is 0 Å². The lowest BCUT2D eigenvalue weighted by Crippen LogP contribution is -2.53. The number of ether oxygens (including phenoxy) is 1. The molecule has 10 nitrogen and oxygen atoms in total. The number of aryl methyl sites for hydroxylation is 2. The van der Waals surface area contributed by atoms with Crippen LogP contribution >= 0.6 is 0 Å². The van der Waals surface area contributed by atoms with Crippen LogP contribution in [0, 0.1) is 12.8 Å². The maximum Gasteiger partial charge on any atom is 0.360 e. The number of urea groups is 1. The third kappa shape index (κ3) is 9.02. The summed E-state index contributed by atoms with van der Waals surface area (Å²) in [5.41, 5.74) is 2.95. The van der Waals surface area contributed by atoms with E-state index in [1.54, 1.807) is 6.92 Å². The van der Waals surface area contributed by atoms with Crippen molar-refractivity contribution >= 4 is 28.8 Å². The average molecular weight is 642 g/mol. The number of rotatable bonds is 12. The second-order valence-corrected chi connectivity index (χ2v) is 13.1. The molecule has 4 aromatic rings. The monoisotopic (exact) mass is 641 g/mol. The van der Waals surface area contributed by atoms with E-state index in [-0.39, 0.29) is 42.1 Å². The number of carbonyl (C=O) groups excluding carboxylic acids is 3. The van der Waals surface area contributed by atoms with Gasteiger partial charge >= 0.3 is 12.0 Å². The second-order valence-electron chi connectivity index (χ2n) is 13.1. The lowest BCUT2D eigenvalue weighted by atomic mass is 10.0. The minimum absolute atomic E-state index is 0.0627. The standard InChI is InChI=1S/C37H47N5O5/c1-24(2)20-30(40-37(45)38-28-16-10-5-6-11-17-28)34(43)39-31(21-27-22-42(4)32-19-13-12-18-29(27)32)35-41-33(25(3)47-35)36(44)46-23-26-14-8-7-9-15-26/h7-9,12-15,18-19,22,24,28,30-31H,5-6,10-11,16-17,20-21,23H2,1-4H3,(H,39,43)(H2,38,40,45)/t30-,31+/m0/s1. The topological polar surface area (TPSA) is 127 Å². The molecule has 0 aliphatic heterocycles.